The lowest BCUT2D eigenvalue weighted by atomic mass is 9.80. The molecule has 1 rings (SSSR count). The van der Waals surface area contributed by atoms with Crippen LogP contribution < -0.4 is 11.5 Å². The molecule has 2 heteroatoms. The second-order valence-electron chi connectivity index (χ2n) is 5.44. The van der Waals surface area contributed by atoms with Crippen LogP contribution in [0.15, 0.2) is 18.2 Å². The molecular weight excluding hydrogens is 184 g/mol. The van der Waals surface area contributed by atoms with E-state index >= 15 is 0 Å². The lowest BCUT2D eigenvalue weighted by molar-refractivity contribution is 0.494. The smallest absolute Gasteiger partial charge is 0.0358 e. The summed E-state index contributed by atoms with van der Waals surface area (Å²) in [5.41, 5.74) is 15.2. The molecule has 0 aliphatic rings. The minimum absolute atomic E-state index is 0.349. The van der Waals surface area contributed by atoms with Crippen LogP contribution in [-0.2, 0) is 11.1 Å². The van der Waals surface area contributed by atoms with Gasteiger partial charge in [-0.25, -0.2) is 0 Å². The van der Waals surface area contributed by atoms with E-state index in [1.807, 2.05) is 33.8 Å². The zero-order valence-corrected chi connectivity index (χ0v) is 10.4. The fourth-order valence-electron chi connectivity index (χ4n) is 2.06. The summed E-state index contributed by atoms with van der Waals surface area (Å²) >= 11 is 0. The largest absolute Gasteiger partial charge is 0.322 e. The van der Waals surface area contributed by atoms with Crippen molar-refractivity contribution in [2.45, 2.75) is 45.7 Å². The Balaban J connectivity index is 3.48. The summed E-state index contributed by atoms with van der Waals surface area (Å²) in [7, 11) is 0. The van der Waals surface area contributed by atoms with Gasteiger partial charge in [0.05, 0.1) is 0 Å². The number of hydrogen-bond acceptors (Lipinski definition) is 2. The van der Waals surface area contributed by atoms with Gasteiger partial charge in [0.1, 0.15) is 0 Å². The van der Waals surface area contributed by atoms with E-state index in [0.29, 0.717) is 0 Å². The number of nitrogens with two attached hydrogens (primary N) is 2. The maximum Gasteiger partial charge on any atom is 0.0358 e. The summed E-state index contributed by atoms with van der Waals surface area (Å²) in [4.78, 5) is 0. The standard InChI is InChI=1S/C13H22N2/c1-9-7-6-8-10(12(2,3)14)11(9)13(4,5)15/h6-8H,14-15H2,1-5H3. The highest BCUT2D eigenvalue weighted by molar-refractivity contribution is 5.42. The van der Waals surface area contributed by atoms with Crippen LogP contribution in [0.5, 0.6) is 0 Å². The van der Waals surface area contributed by atoms with Gasteiger partial charge in [-0.3, -0.25) is 0 Å². The average Bonchev–Trinajstić information content (AvgIpc) is 1.99. The van der Waals surface area contributed by atoms with Crippen LogP contribution in [0.2, 0.25) is 0 Å². The molecule has 15 heavy (non-hydrogen) atoms. The number of benzene rings is 1. The van der Waals surface area contributed by atoms with Crippen molar-refractivity contribution in [3.05, 3.63) is 34.9 Å². The maximum atomic E-state index is 6.20. The number of aryl methyl sites for hydroxylation is 1. The fourth-order valence-corrected chi connectivity index (χ4v) is 2.06. The highest BCUT2D eigenvalue weighted by Crippen LogP contribution is 2.30. The summed E-state index contributed by atoms with van der Waals surface area (Å²) in [5, 5.41) is 0. The van der Waals surface area contributed by atoms with Gasteiger partial charge in [-0.2, -0.15) is 0 Å². The van der Waals surface area contributed by atoms with E-state index in [0.717, 1.165) is 11.1 Å². The third-order valence-corrected chi connectivity index (χ3v) is 2.61. The minimum Gasteiger partial charge on any atom is -0.322 e. The molecule has 0 unspecified atom stereocenters. The molecule has 0 heterocycles. The second kappa shape index (κ2) is 3.62. The Bertz CT molecular complexity index is 354. The van der Waals surface area contributed by atoms with Crippen LogP contribution in [-0.4, -0.2) is 0 Å². The fraction of sp³-hybridized carbons (Fsp3) is 0.538. The van der Waals surface area contributed by atoms with E-state index in [1.54, 1.807) is 0 Å². The monoisotopic (exact) mass is 206 g/mol. The number of rotatable bonds is 2. The Hall–Kier alpha value is -0.860. The van der Waals surface area contributed by atoms with Crippen molar-refractivity contribution in [3.8, 4) is 0 Å². The third kappa shape index (κ3) is 2.58. The van der Waals surface area contributed by atoms with Crippen molar-refractivity contribution in [2.75, 3.05) is 0 Å². The summed E-state index contributed by atoms with van der Waals surface area (Å²) in [6.45, 7) is 10.1. The molecule has 0 saturated heterocycles. The Morgan fingerprint density at radius 2 is 1.47 bits per heavy atom. The molecule has 0 fully saturated rings. The predicted octanol–water partition coefficient (Wildman–Crippen LogP) is 2.38. The zero-order chi connectivity index (χ0) is 11.9. The van der Waals surface area contributed by atoms with Gasteiger partial charge in [0.25, 0.3) is 0 Å². The Kier molecular flexibility index (Phi) is 2.94. The van der Waals surface area contributed by atoms with E-state index in [2.05, 4.69) is 19.1 Å². The summed E-state index contributed by atoms with van der Waals surface area (Å²) in [5.74, 6) is 0. The first-order chi connectivity index (χ1) is 6.64. The molecule has 0 bridgehead atoms. The predicted molar refractivity (Wildman–Crippen MR) is 65.6 cm³/mol. The van der Waals surface area contributed by atoms with E-state index in [-0.39, 0.29) is 11.1 Å². The Labute approximate surface area is 92.7 Å². The summed E-state index contributed by atoms with van der Waals surface area (Å²) in [6.07, 6.45) is 0. The second-order valence-corrected chi connectivity index (χ2v) is 5.44. The Morgan fingerprint density at radius 3 is 1.80 bits per heavy atom. The van der Waals surface area contributed by atoms with Gasteiger partial charge in [0.15, 0.2) is 0 Å². The zero-order valence-electron chi connectivity index (χ0n) is 10.4. The molecule has 0 saturated carbocycles. The minimum atomic E-state index is -0.350. The van der Waals surface area contributed by atoms with E-state index < -0.39 is 0 Å². The first-order valence-electron chi connectivity index (χ1n) is 5.32. The molecule has 0 atom stereocenters. The molecule has 84 valence electrons. The molecule has 1 aromatic carbocycles. The SMILES string of the molecule is Cc1cccc(C(C)(C)N)c1C(C)(C)N. The van der Waals surface area contributed by atoms with Crippen LogP contribution in [0.4, 0.5) is 0 Å². The van der Waals surface area contributed by atoms with Crippen LogP contribution in [0.3, 0.4) is 0 Å². The third-order valence-electron chi connectivity index (χ3n) is 2.61. The van der Waals surface area contributed by atoms with Gasteiger partial charge in [0.2, 0.25) is 0 Å². The molecule has 0 amide bonds. The molecule has 0 aliphatic carbocycles. The first kappa shape index (κ1) is 12.2. The van der Waals surface area contributed by atoms with Gasteiger partial charge in [-0.15, -0.1) is 0 Å². The van der Waals surface area contributed by atoms with E-state index in [4.69, 9.17) is 11.5 Å². The molecule has 2 nitrogen and oxygen atoms in total. The molecule has 0 aromatic heterocycles. The van der Waals surface area contributed by atoms with Crippen molar-refractivity contribution >= 4 is 0 Å². The Morgan fingerprint density at radius 1 is 0.933 bits per heavy atom. The van der Waals surface area contributed by atoms with Crippen LogP contribution in [0.1, 0.15) is 44.4 Å². The highest BCUT2D eigenvalue weighted by Gasteiger charge is 2.26. The van der Waals surface area contributed by atoms with Gasteiger partial charge in [-0.1, -0.05) is 18.2 Å². The first-order valence-corrected chi connectivity index (χ1v) is 5.32. The van der Waals surface area contributed by atoms with Crippen molar-refractivity contribution < 1.29 is 0 Å². The lowest BCUT2D eigenvalue weighted by Gasteiger charge is -2.31. The van der Waals surface area contributed by atoms with Crippen molar-refractivity contribution in [2.24, 2.45) is 11.5 Å². The van der Waals surface area contributed by atoms with Crippen LogP contribution >= 0.6 is 0 Å². The van der Waals surface area contributed by atoms with Crippen molar-refractivity contribution in [3.63, 3.8) is 0 Å². The summed E-state index contributed by atoms with van der Waals surface area (Å²) < 4.78 is 0. The van der Waals surface area contributed by atoms with Crippen molar-refractivity contribution in [1.29, 1.82) is 0 Å². The van der Waals surface area contributed by atoms with E-state index in [1.165, 1.54) is 5.56 Å². The van der Waals surface area contributed by atoms with Gasteiger partial charge in [0, 0.05) is 11.1 Å². The average molecular weight is 206 g/mol. The molecule has 0 radical (unpaired) electrons. The molecule has 1 aromatic rings. The maximum absolute atomic E-state index is 6.20. The van der Waals surface area contributed by atoms with Crippen LogP contribution in [0.25, 0.3) is 0 Å². The molecule has 0 spiro atoms. The highest BCUT2D eigenvalue weighted by atomic mass is 14.7. The number of hydrogen-bond donors (Lipinski definition) is 2. The van der Waals surface area contributed by atoms with Gasteiger partial charge < -0.3 is 11.5 Å². The van der Waals surface area contributed by atoms with Gasteiger partial charge >= 0.3 is 0 Å². The molecular formula is C13H22N2. The van der Waals surface area contributed by atoms with E-state index in [9.17, 15) is 0 Å². The summed E-state index contributed by atoms with van der Waals surface area (Å²) in [6, 6.07) is 6.19. The lowest BCUT2D eigenvalue weighted by Crippen LogP contribution is -2.37. The van der Waals surface area contributed by atoms with Crippen LogP contribution in [0, 0.1) is 6.92 Å². The van der Waals surface area contributed by atoms with Crippen molar-refractivity contribution in [1.82, 2.24) is 0 Å². The quantitative estimate of drug-likeness (QED) is 0.780. The topological polar surface area (TPSA) is 52.0 Å². The normalized spacial score (nSPS) is 13.0. The molecule has 0 aliphatic heterocycles. The molecule has 4 N–H and O–H groups in total. The van der Waals surface area contributed by atoms with Gasteiger partial charge in [-0.05, 0) is 51.3 Å².